The average molecular weight is 1040 g/mol. The van der Waals surface area contributed by atoms with Crippen LogP contribution < -0.4 is 0 Å². The van der Waals surface area contributed by atoms with E-state index in [4.69, 9.17) is 79.1 Å². The molecule has 10 aliphatic heterocycles. The summed E-state index contributed by atoms with van der Waals surface area (Å²) >= 11 is 0. The molecule has 0 amide bonds. The zero-order valence-electron chi connectivity index (χ0n) is 33.9. The van der Waals surface area contributed by atoms with Crippen molar-refractivity contribution in [3.8, 4) is 0 Å². The van der Waals surface area contributed by atoms with Gasteiger partial charge in [0, 0.05) is 0 Å². The summed E-state index contributed by atoms with van der Waals surface area (Å²) in [5.41, 5.74) is 0. The first-order valence-electron chi connectivity index (χ1n) is 18.6. The summed E-state index contributed by atoms with van der Waals surface area (Å²) in [6.45, 7) is 31.1. The van der Waals surface area contributed by atoms with Crippen LogP contribution in [0, 0.1) is 0 Å². The first-order chi connectivity index (χ1) is 24.7. The van der Waals surface area contributed by atoms with Gasteiger partial charge in [0.25, 0.3) is 0 Å². The van der Waals surface area contributed by atoms with Crippen LogP contribution in [0.15, 0.2) is 0 Å². The normalized spacial score (nSPS) is 45.8. The fraction of sp³-hybridized carbons (Fsp3) is 1.00. The van der Waals surface area contributed by atoms with Crippen molar-refractivity contribution in [3.05, 3.63) is 0 Å². The van der Waals surface area contributed by atoms with Crippen molar-refractivity contribution in [1.82, 2.24) is 0 Å². The SMILES string of the molecule is C[SiH](C)O[Si]1(O)O[Si]2(O[SiH](C)C)O[Si]3(O[SiH](C)C)OC4[Si]56OC([SiH](C)C)(O5)[Si](O[SiH](C)C)(O[Si](O[SiH](C)C)(O3)O[Si](O[SiH](C)C)(O2)O6)O[Si]4(O[SiH](C)C)O1. The van der Waals surface area contributed by atoms with Crippen LogP contribution in [0.4, 0.5) is 0 Å². The lowest BCUT2D eigenvalue weighted by atomic mass is 11.4. The van der Waals surface area contributed by atoms with Crippen LogP contribution in [0.2, 0.25) is 105 Å². The Balaban J connectivity index is 1.84. The molecule has 10 saturated heterocycles. The lowest BCUT2D eigenvalue weighted by molar-refractivity contribution is -0.191. The van der Waals surface area contributed by atoms with Gasteiger partial charge in [0.2, 0.25) is 5.03 Å². The summed E-state index contributed by atoms with van der Waals surface area (Å²) in [5, 5.41) is -3.09. The molecule has 1 N–H and O–H groups in total. The van der Waals surface area contributed by atoms with Crippen LogP contribution in [0.1, 0.15) is 0 Å². The number of rotatable bonds is 15. The summed E-state index contributed by atoms with van der Waals surface area (Å²) in [7, 11) is -56.3. The van der Waals surface area contributed by atoms with E-state index in [-0.39, 0.29) is 0 Å². The van der Waals surface area contributed by atoms with Crippen LogP contribution in [0.25, 0.3) is 0 Å². The van der Waals surface area contributed by atoms with Crippen LogP contribution in [-0.2, 0) is 79.1 Å². The van der Waals surface area contributed by atoms with Gasteiger partial charge in [-0.1, -0.05) is 13.1 Å². The van der Waals surface area contributed by atoms with E-state index in [1.54, 1.807) is 0 Å². The van der Waals surface area contributed by atoms with Gasteiger partial charge in [0.1, 0.15) is 8.80 Å². The van der Waals surface area contributed by atoms with Gasteiger partial charge in [0.05, 0.1) is 0 Å². The van der Waals surface area contributed by atoms with Crippen molar-refractivity contribution in [3.63, 3.8) is 0 Å². The van der Waals surface area contributed by atoms with Crippen molar-refractivity contribution in [2.45, 2.75) is 115 Å². The standard InChI is InChI=1S/C18H58O20Si16/c1-39(2)18-21-47(22-18)17-20-51(26-43(9)10)35-53(28-45(13)14)33-49(18,24-41(5)6)30-48(17,23-40(3)4)31-50(19,25-42(7)8)34-54(36-51,29-46(15)16)38-52(32-47,37-53)27-44(11)12/h17,19,39-46H,1-16H3. The molecule has 9 bridgehead atoms. The van der Waals surface area contributed by atoms with Crippen molar-refractivity contribution in [2.24, 2.45) is 0 Å². The summed E-state index contributed by atoms with van der Waals surface area (Å²) in [4.78, 5) is 12.9. The third kappa shape index (κ3) is 8.56. The molecule has 10 heterocycles. The van der Waals surface area contributed by atoms with E-state index in [9.17, 15) is 4.80 Å². The highest BCUT2D eigenvalue weighted by molar-refractivity contribution is 7.06. The van der Waals surface area contributed by atoms with E-state index in [0.717, 1.165) is 0 Å². The third-order valence-electron chi connectivity index (χ3n) is 7.70. The maximum atomic E-state index is 12.9. The van der Waals surface area contributed by atoms with Crippen molar-refractivity contribution < 1.29 is 83.9 Å². The topological polar surface area (TPSA) is 196 Å². The predicted octanol–water partition coefficient (Wildman–Crippen LogP) is -1.04. The first-order valence-corrected chi connectivity index (χ1v) is 54.5. The molecule has 8 atom stereocenters. The van der Waals surface area contributed by atoms with Crippen molar-refractivity contribution >= 4 is 144 Å². The highest BCUT2D eigenvalue weighted by atomic mass is 28.6. The lowest BCUT2D eigenvalue weighted by Crippen LogP contribution is -2.88. The van der Waals surface area contributed by atoms with E-state index >= 15 is 0 Å². The Hall–Kier alpha value is 2.67. The zero-order chi connectivity index (χ0) is 40.1. The molecule has 314 valence electrons. The van der Waals surface area contributed by atoms with Gasteiger partial charge >= 0.3 is 71.7 Å². The molecule has 36 heteroatoms. The summed E-state index contributed by atoms with van der Waals surface area (Å²) < 4.78 is 134. The molecule has 0 saturated carbocycles. The summed E-state index contributed by atoms with van der Waals surface area (Å²) in [6, 6.07) is 0. The molecule has 0 aromatic heterocycles. The molecule has 0 aliphatic carbocycles. The lowest BCUT2D eigenvalue weighted by Gasteiger charge is -2.58. The third-order valence-corrected chi connectivity index (χ3v) is 60.2. The molecule has 0 aromatic carbocycles. The van der Waals surface area contributed by atoms with E-state index in [0.29, 0.717) is 0 Å². The Labute approximate surface area is 340 Å². The summed E-state index contributed by atoms with van der Waals surface area (Å²) in [5.74, 6) is 0. The van der Waals surface area contributed by atoms with Gasteiger partial charge in [-0.25, -0.2) is 0 Å². The minimum Gasteiger partial charge on any atom is -0.418 e. The fourth-order valence-corrected chi connectivity index (χ4v) is 74.2. The molecule has 1 spiro atoms. The van der Waals surface area contributed by atoms with Gasteiger partial charge in [0.15, 0.2) is 68.6 Å². The summed E-state index contributed by atoms with van der Waals surface area (Å²) in [6.07, 6.45) is 0. The van der Waals surface area contributed by atoms with Gasteiger partial charge in [-0.3, -0.25) is 0 Å². The minimum atomic E-state index is -5.05. The first kappa shape index (κ1) is 46.2. The van der Waals surface area contributed by atoms with Crippen LogP contribution in [0.3, 0.4) is 0 Å². The van der Waals surface area contributed by atoms with Gasteiger partial charge in [-0.05, 0) is 91.7 Å². The largest absolute Gasteiger partial charge is 0.657 e. The second-order valence-corrected chi connectivity index (χ2v) is 59.7. The molecule has 10 aliphatic rings. The quantitative estimate of drug-likeness (QED) is 0.195. The Morgan fingerprint density at radius 1 is 0.426 bits per heavy atom. The van der Waals surface area contributed by atoms with E-state index < -0.39 is 154 Å². The van der Waals surface area contributed by atoms with Crippen molar-refractivity contribution in [2.75, 3.05) is 0 Å². The van der Waals surface area contributed by atoms with Crippen LogP contribution >= 0.6 is 0 Å². The van der Waals surface area contributed by atoms with E-state index in [1.165, 1.54) is 0 Å². The minimum absolute atomic E-state index is 1.51. The number of hydrogen-bond donors (Lipinski definition) is 1. The van der Waals surface area contributed by atoms with Gasteiger partial charge < -0.3 is 83.9 Å². The average Bonchev–Trinajstić information content (AvgIpc) is 2.93. The fourth-order valence-electron chi connectivity index (χ4n) is 6.57. The van der Waals surface area contributed by atoms with Crippen LogP contribution in [-0.4, -0.2) is 159 Å². The molecular weight excluding hydrogens is 986 g/mol. The Morgan fingerprint density at radius 2 is 0.833 bits per heavy atom. The number of hydrogen-bond acceptors (Lipinski definition) is 20. The molecule has 0 aromatic rings. The monoisotopic (exact) mass is 1040 g/mol. The Morgan fingerprint density at radius 3 is 1.28 bits per heavy atom. The molecule has 10 fully saturated rings. The smallest absolute Gasteiger partial charge is 0.418 e. The molecule has 8 unspecified atom stereocenters. The zero-order valence-corrected chi connectivity index (χ0v) is 51.1. The molecule has 10 rings (SSSR count). The van der Waals surface area contributed by atoms with E-state index in [2.05, 4.69) is 0 Å². The predicted molar refractivity (Wildman–Crippen MR) is 226 cm³/mol. The van der Waals surface area contributed by atoms with Gasteiger partial charge in [-0.2, -0.15) is 0 Å². The van der Waals surface area contributed by atoms with Crippen LogP contribution in [0.5, 0.6) is 0 Å². The highest BCUT2D eigenvalue weighted by Crippen LogP contribution is 2.60. The van der Waals surface area contributed by atoms with Crippen molar-refractivity contribution in [1.29, 1.82) is 0 Å². The van der Waals surface area contributed by atoms with E-state index in [1.807, 2.05) is 105 Å². The highest BCUT2D eigenvalue weighted by Gasteiger charge is 2.98. The van der Waals surface area contributed by atoms with Gasteiger partial charge in [-0.15, -0.1) is 0 Å². The second kappa shape index (κ2) is 15.8. The Kier molecular flexibility index (Phi) is 13.5. The molecule has 0 radical (unpaired) electrons. The molecule has 20 nitrogen and oxygen atoms in total. The maximum absolute atomic E-state index is 12.9. The second-order valence-electron chi connectivity index (χ2n) is 15.9. The molecule has 54 heavy (non-hydrogen) atoms. The maximum Gasteiger partial charge on any atom is 0.657 e. The Bertz CT molecular complexity index is 1390. The molecular formula is C18H58O20Si16.